The summed E-state index contributed by atoms with van der Waals surface area (Å²) < 4.78 is 0. The minimum absolute atomic E-state index is 0. The summed E-state index contributed by atoms with van der Waals surface area (Å²) in [7, 11) is 0. The van der Waals surface area contributed by atoms with Crippen molar-refractivity contribution in [3.8, 4) is 0 Å². The number of hydrogen-bond donors (Lipinski definition) is 24. The minimum atomic E-state index is -1.76. The number of rotatable bonds is 39. The van der Waals surface area contributed by atoms with E-state index in [9.17, 15) is 112 Å². The molecule has 0 bridgehead atoms. The number of hydrogen-bond acceptors (Lipinski definition) is 24. The fourth-order valence-electron chi connectivity index (χ4n) is 13.1. The van der Waals surface area contributed by atoms with Crippen molar-refractivity contribution >= 4 is 144 Å². The molecule has 3 aliphatic heterocycles. The number of nitrogens with one attached hydrogen (secondary N) is 17. The number of unbranched alkanes of at least 4 members (excludes halogenated alkanes) is 2. The third kappa shape index (κ3) is 41.4. The monoisotopic (exact) mass is 1810 g/mol. The number of aliphatic carboxylic acids is 5. The van der Waals surface area contributed by atoms with Gasteiger partial charge in [0.05, 0.1) is 52.1 Å². The zero-order valence-electron chi connectivity index (χ0n) is 67.6. The summed E-state index contributed by atoms with van der Waals surface area (Å²) in [6.07, 6.45) is -3.25. The summed E-state index contributed by atoms with van der Waals surface area (Å²) in [6, 6.07) is 2.82. The molecule has 9 atom stereocenters. The molecule has 0 aromatic heterocycles. The molecule has 5 rings (SSSR count). The van der Waals surface area contributed by atoms with Crippen molar-refractivity contribution in [2.24, 2.45) is 11.5 Å². The van der Waals surface area contributed by atoms with E-state index in [2.05, 4.69) is 79.8 Å². The fraction of sp³-hybridized carbons (Fsp3) is 0.573. The smallest absolute Gasteiger partial charge is 0.317 e. The number of carboxylic acids is 5. The van der Waals surface area contributed by atoms with Crippen molar-refractivity contribution in [2.75, 3.05) is 118 Å². The predicted molar refractivity (Wildman–Crippen MR) is 434 cm³/mol. The molecule has 2 aromatic carbocycles. The van der Waals surface area contributed by atoms with Crippen LogP contribution in [0.3, 0.4) is 0 Å². The van der Waals surface area contributed by atoms with E-state index in [-0.39, 0.29) is 194 Å². The standard InChI is InChI=1S/C75H113N23O23.In/c76-74(77)82-25-11-19-47-66(114)84-39-57(100)87-54(37-60(103)104)72(120)93-52(35-45-13-3-1-4-14-45)70(118)91-49(68(116)89-47)17-7-9-23-80-56(99)22-21-51(86-59(102)41-95-27-29-96(42-62(107)108)31-33-98(44-64(111)112)34-32-97(30-28-95)43-63(109)110)65(113)81-24-10-8-18-50-69(117)90-48(20-12-26-83-75(78)79)67(115)85-40-58(101)88-55(38-61(105)106)73(121)94-53(71(119)92-50)36-46-15-5-2-6-16-46;/h1-6,13-16,47-55H,7-12,17-44H2,(H,80,99)(H,81,113)(H,84,114)(H,85,115)(H,86,102)(H,87,100)(H,88,101)(H,89,116)(H,90,117)(H,91,118)(H,92,119)(H,93,120)(H,94,121)(H,103,104)(H,105,106)(H,107,108)(H,109,110)(H,111,112)(H4,76,77,82)(H4,78,79,83);/t47-,48-,49-,50-,51?,52+,53+,54-,55-;/m0./s1/i;1-4. The van der Waals surface area contributed by atoms with E-state index < -0.39 is 226 Å². The van der Waals surface area contributed by atoms with Crippen molar-refractivity contribution in [3.63, 3.8) is 0 Å². The van der Waals surface area contributed by atoms with Crippen molar-refractivity contribution in [1.82, 2.24) is 99.4 Å². The van der Waals surface area contributed by atoms with Crippen molar-refractivity contribution in [3.05, 3.63) is 71.8 Å². The van der Waals surface area contributed by atoms with E-state index in [0.717, 1.165) is 0 Å². The van der Waals surface area contributed by atoms with Crippen LogP contribution in [0, 0.1) is 10.8 Å². The summed E-state index contributed by atoms with van der Waals surface area (Å²) in [5, 5.41) is 102. The number of carbonyl (C=O) groups is 18. The maximum Gasteiger partial charge on any atom is 0.317 e. The van der Waals surface area contributed by atoms with Gasteiger partial charge in [0.1, 0.15) is 54.4 Å². The zero-order chi connectivity index (χ0) is 88.9. The molecule has 0 aliphatic carbocycles. The Hall–Kier alpha value is -11.8. The zero-order valence-corrected chi connectivity index (χ0v) is 70.9. The molecule has 2 aromatic rings. The second-order valence-electron chi connectivity index (χ2n) is 29.2. The Balaban J connectivity index is 0.0000312. The molecule has 3 saturated heterocycles. The fourth-order valence-corrected chi connectivity index (χ4v) is 13.1. The molecular weight excluding hydrogens is 1700 g/mol. The molecule has 3 aliphatic rings. The third-order valence-electron chi connectivity index (χ3n) is 19.4. The molecule has 669 valence electrons. The molecule has 122 heavy (non-hydrogen) atoms. The molecule has 26 N–H and O–H groups in total. The quantitative estimate of drug-likeness (QED) is 0.0168. The average molecular weight is 1820 g/mol. The van der Waals surface area contributed by atoms with Gasteiger partial charge >= 0.3 is 29.8 Å². The van der Waals surface area contributed by atoms with Gasteiger partial charge in [-0.2, -0.15) is 0 Å². The summed E-state index contributed by atoms with van der Waals surface area (Å²) in [4.78, 5) is 248. The number of carbonyl (C=O) groups excluding carboxylic acids is 13. The first-order valence-electron chi connectivity index (χ1n) is 39.6. The van der Waals surface area contributed by atoms with Crippen LogP contribution in [0.25, 0.3) is 0 Å². The molecule has 13 amide bonds. The molecule has 46 nitrogen and oxygen atoms in total. The van der Waals surface area contributed by atoms with Crippen LogP contribution in [0.5, 0.6) is 0 Å². The first-order chi connectivity index (χ1) is 57.6. The van der Waals surface area contributed by atoms with Gasteiger partial charge in [-0.1, -0.05) is 60.7 Å². The third-order valence-corrected chi connectivity index (χ3v) is 19.4. The molecule has 0 spiro atoms. The average Bonchev–Trinajstić information content (AvgIpc) is 1.50. The summed E-state index contributed by atoms with van der Waals surface area (Å²) in [5.74, 6) is -19.2. The van der Waals surface area contributed by atoms with Gasteiger partial charge in [0.2, 0.25) is 76.8 Å². The van der Waals surface area contributed by atoms with E-state index in [0.29, 0.717) is 11.1 Å². The Bertz CT molecular complexity index is 3900. The van der Waals surface area contributed by atoms with Crippen LogP contribution >= 0.6 is 0 Å². The van der Waals surface area contributed by atoms with Gasteiger partial charge in [-0.15, -0.1) is 0 Å². The van der Waals surface area contributed by atoms with Crippen LogP contribution in [0.15, 0.2) is 60.7 Å². The van der Waals surface area contributed by atoms with Crippen molar-refractivity contribution in [2.45, 2.75) is 157 Å². The normalized spacial score (nSPS) is 21.1. The SMILES string of the molecule is N=C(N)NCCC[C@@H]1NC(=O)[C@H](CCCCNC(=O)CCC(NC(=O)CN2CCN(CC(=O)O)CCN(CC(=O)O)CCN(CC(=O)O)CC2)C(=O)NCCCC[C@@H]2NC(=O)[C@@H](Cc3ccccc3)NC(=O)[C@H](CC(=O)O)NC(=O)CNC(=O)[C@H](CCCNC(=N)N)NC2=O)NC(=O)[C@@H](Cc2ccccc2)NC(=O)[C@H](CC(=O)O)NC(=O)CNC1=O.[111In]. The van der Waals surface area contributed by atoms with E-state index >= 15 is 0 Å². The van der Waals surface area contributed by atoms with Gasteiger partial charge in [0, 0.05) is 124 Å². The van der Waals surface area contributed by atoms with Gasteiger partial charge < -0.3 is 117 Å². The minimum Gasteiger partial charge on any atom is -0.481 e. The van der Waals surface area contributed by atoms with Gasteiger partial charge in [-0.3, -0.25) is 117 Å². The van der Waals surface area contributed by atoms with Crippen LogP contribution in [-0.2, 0) is 99.1 Å². The van der Waals surface area contributed by atoms with Gasteiger partial charge in [0.15, 0.2) is 11.9 Å². The number of guanidine groups is 2. The van der Waals surface area contributed by atoms with E-state index in [1.54, 1.807) is 70.5 Å². The maximum absolute atomic E-state index is 14.5. The molecule has 1 unspecified atom stereocenters. The van der Waals surface area contributed by atoms with Crippen molar-refractivity contribution < 1.29 is 112 Å². The summed E-state index contributed by atoms with van der Waals surface area (Å²) in [5.41, 5.74) is 11.9. The Kier molecular flexibility index (Phi) is 46.3. The molecule has 3 radical (unpaired) electrons. The van der Waals surface area contributed by atoms with Crippen LogP contribution in [0.2, 0.25) is 0 Å². The number of amides is 13. The first kappa shape index (κ1) is 102. The number of benzene rings is 2. The first-order valence-corrected chi connectivity index (χ1v) is 39.6. The molecule has 3 heterocycles. The molecule has 0 saturated carbocycles. The van der Waals surface area contributed by atoms with E-state index in [1.165, 1.54) is 9.80 Å². The van der Waals surface area contributed by atoms with Crippen molar-refractivity contribution in [1.29, 1.82) is 10.8 Å². The Labute approximate surface area is 721 Å². The number of nitrogens with zero attached hydrogens (tertiary/aromatic N) is 4. The van der Waals surface area contributed by atoms with Gasteiger partial charge in [-0.25, -0.2) is 0 Å². The second kappa shape index (κ2) is 55.1. The second-order valence-corrected chi connectivity index (χ2v) is 29.2. The van der Waals surface area contributed by atoms with E-state index in [1.807, 2.05) is 0 Å². The Morgan fingerprint density at radius 1 is 0.377 bits per heavy atom. The Morgan fingerprint density at radius 2 is 0.689 bits per heavy atom. The van der Waals surface area contributed by atoms with Crippen LogP contribution < -0.4 is 91.2 Å². The van der Waals surface area contributed by atoms with Gasteiger partial charge in [0.25, 0.3) is 0 Å². The predicted octanol–water partition coefficient (Wildman–Crippen LogP) is -8.98. The largest absolute Gasteiger partial charge is 0.481 e. The summed E-state index contributed by atoms with van der Waals surface area (Å²) in [6.45, 7) is -3.24. The maximum atomic E-state index is 14.5. The molecule has 3 fully saturated rings. The van der Waals surface area contributed by atoms with Gasteiger partial charge in [-0.05, 0) is 81.8 Å². The number of carboxylic acid groups (broad SMARTS) is 5. The van der Waals surface area contributed by atoms with Crippen LogP contribution in [0.4, 0.5) is 0 Å². The van der Waals surface area contributed by atoms with Crippen LogP contribution in [-0.4, -0.2) is 362 Å². The van der Waals surface area contributed by atoms with E-state index in [4.69, 9.17) is 22.3 Å². The van der Waals surface area contributed by atoms with Crippen LogP contribution in [0.1, 0.15) is 101 Å². The summed E-state index contributed by atoms with van der Waals surface area (Å²) >= 11 is 0. The topological polar surface area (TPSA) is 702 Å². The molecule has 47 heteroatoms. The number of nitrogens with two attached hydrogens (primary N) is 2. The Morgan fingerprint density at radius 3 is 1.04 bits per heavy atom. The molecular formula is C75H113InN23O23.